The third-order valence-electron chi connectivity index (χ3n) is 5.98. The number of rotatable bonds is 6. The molecule has 0 bridgehead atoms. The normalized spacial score (nSPS) is 12.5. The smallest absolute Gasteiger partial charge is 0.262 e. The predicted molar refractivity (Wildman–Crippen MR) is 130 cm³/mol. The van der Waals surface area contributed by atoms with Gasteiger partial charge in [-0.2, -0.15) is 5.26 Å². The molecule has 0 saturated carbocycles. The van der Waals surface area contributed by atoms with Crippen molar-refractivity contribution in [3.63, 3.8) is 0 Å². The van der Waals surface area contributed by atoms with Crippen LogP contribution in [0.3, 0.4) is 0 Å². The maximum absolute atomic E-state index is 12.8. The minimum absolute atomic E-state index is 0.0551. The average Bonchev–Trinajstić information content (AvgIpc) is 3.47. The number of benzene rings is 3. The standard InChI is InChI=1S/C28H23N3O3/c1-19-6-2-3-7-21(19)16-31-17-23(24-8-4-5-9-25(24)31)13-22(14-29)28(32)30-15-20-10-11-26-27(12-20)34-18-33-26/h2-13,17H,15-16,18H2,1H3,(H,30,32). The number of para-hydroxylation sites is 1. The SMILES string of the molecule is Cc1ccccc1Cn1cc(C=C(C#N)C(=O)NCc2ccc3c(c2)OCO3)c2ccccc21. The van der Waals surface area contributed by atoms with Crippen molar-refractivity contribution in [1.82, 2.24) is 9.88 Å². The summed E-state index contributed by atoms with van der Waals surface area (Å²) in [5.74, 6) is 0.926. The van der Waals surface area contributed by atoms with Crippen LogP contribution in [-0.4, -0.2) is 17.3 Å². The van der Waals surface area contributed by atoms with Gasteiger partial charge in [-0.25, -0.2) is 0 Å². The number of nitriles is 1. The number of amides is 1. The van der Waals surface area contributed by atoms with Crippen molar-refractivity contribution in [1.29, 1.82) is 5.26 Å². The molecule has 34 heavy (non-hydrogen) atoms. The second-order valence-electron chi connectivity index (χ2n) is 8.20. The Morgan fingerprint density at radius 3 is 2.74 bits per heavy atom. The topological polar surface area (TPSA) is 76.3 Å². The van der Waals surface area contributed by atoms with E-state index in [1.807, 2.05) is 54.7 Å². The Hall–Kier alpha value is -4.50. The van der Waals surface area contributed by atoms with Crippen LogP contribution in [0.1, 0.15) is 22.3 Å². The molecule has 0 aliphatic carbocycles. The molecule has 4 aromatic rings. The molecule has 0 radical (unpaired) electrons. The molecule has 0 atom stereocenters. The number of aromatic nitrogens is 1. The summed E-state index contributed by atoms with van der Waals surface area (Å²) in [6, 6.07) is 23.9. The predicted octanol–water partition coefficient (Wildman–Crippen LogP) is 4.95. The summed E-state index contributed by atoms with van der Waals surface area (Å²) >= 11 is 0. The van der Waals surface area contributed by atoms with E-state index < -0.39 is 5.91 Å². The van der Waals surface area contributed by atoms with E-state index in [0.29, 0.717) is 18.0 Å². The highest BCUT2D eigenvalue weighted by molar-refractivity contribution is 6.04. The summed E-state index contributed by atoms with van der Waals surface area (Å²) in [5, 5.41) is 13.5. The number of nitrogens with one attached hydrogen (secondary N) is 1. The number of hydrogen-bond acceptors (Lipinski definition) is 4. The van der Waals surface area contributed by atoms with Crippen molar-refractivity contribution in [2.45, 2.75) is 20.0 Å². The van der Waals surface area contributed by atoms with Gasteiger partial charge in [0.25, 0.3) is 5.91 Å². The van der Waals surface area contributed by atoms with Gasteiger partial charge in [0, 0.05) is 35.8 Å². The molecule has 6 nitrogen and oxygen atoms in total. The van der Waals surface area contributed by atoms with Crippen LogP contribution < -0.4 is 14.8 Å². The number of nitrogens with zero attached hydrogens (tertiary/aromatic N) is 2. The average molecular weight is 450 g/mol. The van der Waals surface area contributed by atoms with Gasteiger partial charge in [-0.3, -0.25) is 4.79 Å². The van der Waals surface area contributed by atoms with Gasteiger partial charge in [0.2, 0.25) is 6.79 Å². The molecular formula is C28H23N3O3. The Bertz CT molecular complexity index is 1460. The summed E-state index contributed by atoms with van der Waals surface area (Å²) in [6.07, 6.45) is 3.66. The highest BCUT2D eigenvalue weighted by atomic mass is 16.7. The van der Waals surface area contributed by atoms with Gasteiger partial charge in [-0.1, -0.05) is 48.5 Å². The minimum atomic E-state index is -0.420. The molecule has 2 heterocycles. The van der Waals surface area contributed by atoms with Crippen LogP contribution in [-0.2, 0) is 17.9 Å². The number of ether oxygens (including phenoxy) is 2. The first-order chi connectivity index (χ1) is 16.6. The fourth-order valence-electron chi connectivity index (χ4n) is 4.12. The molecule has 0 fully saturated rings. The largest absolute Gasteiger partial charge is 0.454 e. The lowest BCUT2D eigenvalue weighted by molar-refractivity contribution is -0.117. The molecule has 1 amide bonds. The summed E-state index contributed by atoms with van der Waals surface area (Å²) < 4.78 is 12.9. The molecule has 3 aromatic carbocycles. The molecule has 168 valence electrons. The van der Waals surface area contributed by atoms with Gasteiger partial charge in [0.05, 0.1) is 0 Å². The molecule has 1 aliphatic heterocycles. The highest BCUT2D eigenvalue weighted by Crippen LogP contribution is 2.32. The quantitative estimate of drug-likeness (QED) is 0.334. The van der Waals surface area contributed by atoms with Gasteiger partial charge >= 0.3 is 0 Å². The molecule has 6 heteroatoms. The molecule has 5 rings (SSSR count). The summed E-state index contributed by atoms with van der Waals surface area (Å²) in [5.41, 5.74) is 5.25. The second-order valence-corrected chi connectivity index (χ2v) is 8.20. The molecule has 1 aromatic heterocycles. The van der Waals surface area contributed by atoms with E-state index in [1.165, 1.54) is 11.1 Å². The summed E-state index contributed by atoms with van der Waals surface area (Å²) in [7, 11) is 0. The van der Waals surface area contributed by atoms with E-state index in [-0.39, 0.29) is 18.9 Å². The van der Waals surface area contributed by atoms with Crippen LogP contribution in [0.4, 0.5) is 0 Å². The van der Waals surface area contributed by atoms with E-state index in [9.17, 15) is 10.1 Å². The zero-order valence-corrected chi connectivity index (χ0v) is 18.7. The minimum Gasteiger partial charge on any atom is -0.454 e. The van der Waals surface area contributed by atoms with Crippen molar-refractivity contribution >= 4 is 22.9 Å². The molecule has 0 unspecified atom stereocenters. The monoisotopic (exact) mass is 449 g/mol. The molecular weight excluding hydrogens is 426 g/mol. The number of carbonyl (C=O) groups is 1. The van der Waals surface area contributed by atoms with Crippen LogP contribution >= 0.6 is 0 Å². The van der Waals surface area contributed by atoms with Crippen molar-refractivity contribution in [3.05, 3.63) is 101 Å². The van der Waals surface area contributed by atoms with Gasteiger partial charge in [-0.15, -0.1) is 0 Å². The Morgan fingerprint density at radius 1 is 1.09 bits per heavy atom. The molecule has 1 aliphatic rings. The Balaban J connectivity index is 1.39. The van der Waals surface area contributed by atoms with Crippen molar-refractivity contribution in [2.24, 2.45) is 0 Å². The Kier molecular flexibility index (Phi) is 5.75. The van der Waals surface area contributed by atoms with E-state index in [0.717, 1.165) is 22.0 Å². The number of aryl methyl sites for hydroxylation is 1. The lowest BCUT2D eigenvalue weighted by atomic mass is 10.1. The van der Waals surface area contributed by atoms with Crippen LogP contribution in [0.2, 0.25) is 0 Å². The first-order valence-corrected chi connectivity index (χ1v) is 11.0. The van der Waals surface area contributed by atoms with Crippen LogP contribution in [0.25, 0.3) is 17.0 Å². The number of hydrogen-bond donors (Lipinski definition) is 1. The van der Waals surface area contributed by atoms with Gasteiger partial charge < -0.3 is 19.4 Å². The third kappa shape index (κ3) is 4.24. The summed E-state index contributed by atoms with van der Waals surface area (Å²) in [4.78, 5) is 12.8. The van der Waals surface area contributed by atoms with Crippen LogP contribution in [0.5, 0.6) is 11.5 Å². The van der Waals surface area contributed by atoms with Crippen LogP contribution in [0, 0.1) is 18.3 Å². The summed E-state index contributed by atoms with van der Waals surface area (Å²) in [6.45, 7) is 3.28. The van der Waals surface area contributed by atoms with Gasteiger partial charge in [0.15, 0.2) is 11.5 Å². The number of fused-ring (bicyclic) bond motifs is 2. The van der Waals surface area contributed by atoms with Crippen molar-refractivity contribution < 1.29 is 14.3 Å². The maximum Gasteiger partial charge on any atom is 0.262 e. The van der Waals surface area contributed by atoms with Gasteiger partial charge in [0.1, 0.15) is 11.6 Å². The third-order valence-corrected chi connectivity index (χ3v) is 5.98. The maximum atomic E-state index is 12.8. The Morgan fingerprint density at radius 2 is 1.88 bits per heavy atom. The molecule has 0 saturated heterocycles. The second kappa shape index (κ2) is 9.16. The van der Waals surface area contributed by atoms with Crippen molar-refractivity contribution in [2.75, 3.05) is 6.79 Å². The van der Waals surface area contributed by atoms with Gasteiger partial charge in [-0.05, 0) is 47.9 Å². The first-order valence-electron chi connectivity index (χ1n) is 11.0. The van der Waals surface area contributed by atoms with Crippen LogP contribution in [0.15, 0.2) is 78.5 Å². The van der Waals surface area contributed by atoms with E-state index in [4.69, 9.17) is 9.47 Å². The first kappa shape index (κ1) is 21.4. The van der Waals surface area contributed by atoms with Crippen molar-refractivity contribution in [3.8, 4) is 17.6 Å². The van der Waals surface area contributed by atoms with E-state index >= 15 is 0 Å². The van der Waals surface area contributed by atoms with E-state index in [1.54, 1.807) is 6.08 Å². The lowest BCUT2D eigenvalue weighted by Gasteiger charge is -2.08. The Labute approximate surface area is 197 Å². The lowest BCUT2D eigenvalue weighted by Crippen LogP contribution is -2.23. The fourth-order valence-corrected chi connectivity index (χ4v) is 4.12. The number of carbonyl (C=O) groups excluding carboxylic acids is 1. The zero-order chi connectivity index (χ0) is 23.5. The molecule has 0 spiro atoms. The van der Waals surface area contributed by atoms with E-state index in [2.05, 4.69) is 41.1 Å². The zero-order valence-electron chi connectivity index (χ0n) is 18.7. The fraction of sp³-hybridized carbons (Fsp3) is 0.143. The highest BCUT2D eigenvalue weighted by Gasteiger charge is 2.15. The molecule has 1 N–H and O–H groups in total.